The normalized spacial score (nSPS) is 14.8. The van der Waals surface area contributed by atoms with Crippen LogP contribution in [-0.4, -0.2) is 22.6 Å². The Labute approximate surface area is 153 Å². The van der Waals surface area contributed by atoms with Crippen molar-refractivity contribution in [1.29, 1.82) is 0 Å². The predicted molar refractivity (Wildman–Crippen MR) is 88.4 cm³/mol. The molecule has 0 spiro atoms. The van der Waals surface area contributed by atoms with Gasteiger partial charge < -0.3 is 4.98 Å². The zero-order valence-corrected chi connectivity index (χ0v) is 13.9. The summed E-state index contributed by atoms with van der Waals surface area (Å²) in [6, 6.07) is 9.54. The van der Waals surface area contributed by atoms with Crippen LogP contribution in [-0.2, 0) is 11.6 Å². The smallest absolute Gasteiger partial charge is 0.357 e. The Hall–Kier alpha value is -3.04. The molecule has 0 fully saturated rings. The van der Waals surface area contributed by atoms with Crippen LogP contribution >= 0.6 is 0 Å². The van der Waals surface area contributed by atoms with Crippen LogP contribution in [0.25, 0.3) is 10.9 Å². The van der Waals surface area contributed by atoms with Crippen molar-refractivity contribution >= 4 is 10.9 Å². The highest BCUT2D eigenvalue weighted by Gasteiger charge is 2.62. The van der Waals surface area contributed by atoms with Gasteiger partial charge in [-0.3, -0.25) is 10.1 Å². The van der Waals surface area contributed by atoms with E-state index >= 15 is 0 Å². The summed E-state index contributed by atoms with van der Waals surface area (Å²) < 4.78 is 81.0. The Morgan fingerprint density at radius 3 is 1.96 bits per heavy atom. The number of fused-ring (bicyclic) bond motifs is 1. The average Bonchev–Trinajstić information content (AvgIpc) is 3.02. The van der Waals surface area contributed by atoms with Gasteiger partial charge in [-0.05, 0) is 35.2 Å². The van der Waals surface area contributed by atoms with E-state index in [9.17, 15) is 36.5 Å². The lowest BCUT2D eigenvalue weighted by molar-refractivity contribution is -0.498. The largest absolute Gasteiger partial charge is 0.416 e. The molecule has 0 radical (unpaired) electrons. The zero-order valence-electron chi connectivity index (χ0n) is 13.9. The highest BCUT2D eigenvalue weighted by molar-refractivity contribution is 5.81. The number of para-hydroxylation sites is 1. The highest BCUT2D eigenvalue weighted by atomic mass is 19.4. The van der Waals surface area contributed by atoms with Crippen molar-refractivity contribution < 1.29 is 31.3 Å². The van der Waals surface area contributed by atoms with E-state index in [0.29, 0.717) is 35.2 Å². The van der Waals surface area contributed by atoms with E-state index in [0.717, 1.165) is 6.07 Å². The molecule has 0 aliphatic rings. The van der Waals surface area contributed by atoms with Gasteiger partial charge in [-0.25, -0.2) is 0 Å². The first-order valence-electron chi connectivity index (χ1n) is 7.89. The summed E-state index contributed by atoms with van der Waals surface area (Å²) in [4.78, 5) is 12.6. The van der Waals surface area contributed by atoms with E-state index in [4.69, 9.17) is 0 Å². The lowest BCUT2D eigenvalue weighted by Crippen LogP contribution is -2.49. The molecule has 3 aromatic rings. The number of rotatable bonds is 4. The number of alkyl halides is 6. The van der Waals surface area contributed by atoms with Crippen molar-refractivity contribution in [3.05, 3.63) is 81.5 Å². The zero-order chi connectivity index (χ0) is 20.7. The third-order valence-corrected chi connectivity index (χ3v) is 4.54. The minimum absolute atomic E-state index is 0.321. The Bertz CT molecular complexity index is 974. The summed E-state index contributed by atoms with van der Waals surface area (Å²) in [6.07, 6.45) is -9.90. The molecule has 1 N–H and O–H groups in total. The summed E-state index contributed by atoms with van der Waals surface area (Å²) in [7, 11) is 0. The fraction of sp³-hybridized carbons (Fsp3) is 0.222. The molecule has 0 aliphatic heterocycles. The standard InChI is InChI=1S/C18H12F6N2O2/c19-17(20,21)13-7-5-12(6-8-13)16(10-26(27)28,18(22,23)24)15-9-11-3-1-2-4-14(11)25-15/h1-9,25H,10H2. The second-order valence-corrected chi connectivity index (χ2v) is 6.24. The number of hydrogen-bond donors (Lipinski definition) is 1. The van der Waals surface area contributed by atoms with E-state index in [1.165, 1.54) is 12.1 Å². The summed E-state index contributed by atoms with van der Waals surface area (Å²) in [5, 5.41) is 11.6. The Kier molecular flexibility index (Phi) is 4.60. The van der Waals surface area contributed by atoms with Crippen LogP contribution in [0, 0.1) is 10.1 Å². The first kappa shape index (κ1) is 19.7. The van der Waals surface area contributed by atoms with Gasteiger partial charge in [0.05, 0.1) is 5.56 Å². The van der Waals surface area contributed by atoms with Crippen molar-refractivity contribution in [2.75, 3.05) is 6.54 Å². The number of aromatic amines is 1. The topological polar surface area (TPSA) is 58.9 Å². The minimum atomic E-state index is -5.15. The summed E-state index contributed by atoms with van der Waals surface area (Å²) >= 11 is 0. The van der Waals surface area contributed by atoms with E-state index in [2.05, 4.69) is 4.98 Å². The Morgan fingerprint density at radius 1 is 0.893 bits per heavy atom. The number of nitro groups is 1. The number of nitrogens with zero attached hydrogens (tertiary/aromatic N) is 1. The number of benzene rings is 2. The van der Waals surface area contributed by atoms with Gasteiger partial charge in [-0.1, -0.05) is 30.3 Å². The number of hydrogen-bond acceptors (Lipinski definition) is 2. The minimum Gasteiger partial charge on any atom is -0.357 e. The maximum atomic E-state index is 14.2. The van der Waals surface area contributed by atoms with Crippen molar-refractivity contribution in [3.8, 4) is 0 Å². The second kappa shape index (κ2) is 6.54. The monoisotopic (exact) mass is 402 g/mol. The first-order valence-corrected chi connectivity index (χ1v) is 7.89. The SMILES string of the molecule is O=[N+]([O-])CC(c1ccc(C(F)(F)F)cc1)(c1cc2ccccc2[nH]1)C(F)(F)F. The van der Waals surface area contributed by atoms with Crippen LogP contribution in [0.1, 0.15) is 16.8 Å². The fourth-order valence-electron chi connectivity index (χ4n) is 3.18. The maximum absolute atomic E-state index is 14.2. The molecular formula is C18H12F6N2O2. The molecule has 28 heavy (non-hydrogen) atoms. The first-order chi connectivity index (χ1) is 12.9. The van der Waals surface area contributed by atoms with E-state index < -0.39 is 46.1 Å². The molecule has 0 aliphatic carbocycles. The van der Waals surface area contributed by atoms with Crippen molar-refractivity contribution in [3.63, 3.8) is 0 Å². The van der Waals surface area contributed by atoms with Crippen LogP contribution < -0.4 is 0 Å². The van der Waals surface area contributed by atoms with Crippen molar-refractivity contribution in [2.24, 2.45) is 0 Å². The quantitative estimate of drug-likeness (QED) is 0.365. The van der Waals surface area contributed by atoms with E-state index in [-0.39, 0.29) is 0 Å². The maximum Gasteiger partial charge on any atom is 0.416 e. The number of halogens is 6. The van der Waals surface area contributed by atoms with E-state index in [1.54, 1.807) is 12.1 Å². The molecule has 0 bridgehead atoms. The van der Waals surface area contributed by atoms with Gasteiger partial charge in [0.15, 0.2) is 5.41 Å². The molecule has 10 heteroatoms. The predicted octanol–water partition coefficient (Wildman–Crippen LogP) is 5.31. The Balaban J connectivity index is 2.28. The molecule has 0 saturated heterocycles. The third-order valence-electron chi connectivity index (χ3n) is 4.54. The van der Waals surface area contributed by atoms with Crippen LogP contribution in [0.3, 0.4) is 0 Å². The van der Waals surface area contributed by atoms with Gasteiger partial charge in [0.1, 0.15) is 0 Å². The molecule has 1 aromatic heterocycles. The van der Waals surface area contributed by atoms with Crippen LogP contribution in [0.4, 0.5) is 26.3 Å². The fourth-order valence-corrected chi connectivity index (χ4v) is 3.18. The second-order valence-electron chi connectivity index (χ2n) is 6.24. The molecule has 148 valence electrons. The molecular weight excluding hydrogens is 390 g/mol. The third kappa shape index (κ3) is 3.30. The highest BCUT2D eigenvalue weighted by Crippen LogP contribution is 2.47. The molecule has 2 aromatic carbocycles. The lowest BCUT2D eigenvalue weighted by atomic mass is 9.76. The summed E-state index contributed by atoms with van der Waals surface area (Å²) in [6.45, 7) is -1.57. The molecule has 4 nitrogen and oxygen atoms in total. The lowest BCUT2D eigenvalue weighted by Gasteiger charge is -2.32. The van der Waals surface area contributed by atoms with Gasteiger partial charge in [0, 0.05) is 16.1 Å². The van der Waals surface area contributed by atoms with Gasteiger partial charge in [0.2, 0.25) is 6.54 Å². The number of H-pyrrole nitrogens is 1. The van der Waals surface area contributed by atoms with Crippen LogP contribution in [0.2, 0.25) is 0 Å². The van der Waals surface area contributed by atoms with Gasteiger partial charge in [0.25, 0.3) is 0 Å². The van der Waals surface area contributed by atoms with Gasteiger partial charge in [-0.2, -0.15) is 26.3 Å². The molecule has 1 atom stereocenters. The summed E-state index contributed by atoms with van der Waals surface area (Å²) in [5.41, 5.74) is -5.14. The molecule has 1 heterocycles. The molecule has 3 rings (SSSR count). The molecule has 0 amide bonds. The van der Waals surface area contributed by atoms with E-state index in [1.807, 2.05) is 0 Å². The van der Waals surface area contributed by atoms with Gasteiger partial charge in [-0.15, -0.1) is 0 Å². The summed E-state index contributed by atoms with van der Waals surface area (Å²) in [5.74, 6) is 0. The van der Waals surface area contributed by atoms with Crippen molar-refractivity contribution in [1.82, 2.24) is 4.98 Å². The van der Waals surface area contributed by atoms with Gasteiger partial charge >= 0.3 is 12.4 Å². The molecule has 0 saturated carbocycles. The van der Waals surface area contributed by atoms with Crippen LogP contribution in [0.5, 0.6) is 0 Å². The van der Waals surface area contributed by atoms with Crippen molar-refractivity contribution in [2.45, 2.75) is 17.8 Å². The molecule has 1 unspecified atom stereocenters. The van der Waals surface area contributed by atoms with Crippen LogP contribution in [0.15, 0.2) is 54.6 Å². The Morgan fingerprint density at radius 2 is 1.46 bits per heavy atom. The average molecular weight is 402 g/mol. The number of aromatic nitrogens is 1. The number of nitrogens with one attached hydrogen (secondary N) is 1.